The van der Waals surface area contributed by atoms with Crippen LogP contribution in [0, 0.1) is 12.8 Å². The normalized spacial score (nSPS) is 24.2. The number of carbonyl (C=O) groups is 2. The summed E-state index contributed by atoms with van der Waals surface area (Å²) in [6.07, 6.45) is 5.56. The first-order chi connectivity index (χ1) is 10.1. The Morgan fingerprint density at radius 1 is 1.33 bits per heavy atom. The third-order valence-corrected chi connectivity index (χ3v) is 4.37. The van der Waals surface area contributed by atoms with E-state index in [-0.39, 0.29) is 30.3 Å². The number of aromatic nitrogens is 1. The van der Waals surface area contributed by atoms with E-state index in [4.69, 9.17) is 4.52 Å². The molecule has 1 aromatic heterocycles. The van der Waals surface area contributed by atoms with Gasteiger partial charge in [-0.3, -0.25) is 9.59 Å². The maximum atomic E-state index is 12.6. The number of nitrogens with one attached hydrogen (secondary N) is 1. The van der Waals surface area contributed by atoms with Crippen molar-refractivity contribution in [2.75, 3.05) is 6.54 Å². The highest BCUT2D eigenvalue weighted by molar-refractivity contribution is 5.95. The van der Waals surface area contributed by atoms with Crippen molar-refractivity contribution in [2.45, 2.75) is 51.6 Å². The van der Waals surface area contributed by atoms with E-state index < -0.39 is 0 Å². The fraction of sp³-hybridized carbons (Fsp3) is 0.667. The topological polar surface area (TPSA) is 75.4 Å². The molecule has 1 aliphatic heterocycles. The molecule has 2 amide bonds. The minimum atomic E-state index is -0.365. The Hall–Kier alpha value is -1.85. The number of carbonyl (C=O) groups excluding carboxylic acids is 2. The number of aryl methyl sites for hydroxylation is 1. The fourth-order valence-electron chi connectivity index (χ4n) is 3.33. The molecule has 0 aromatic carbocycles. The summed E-state index contributed by atoms with van der Waals surface area (Å²) in [5.41, 5.74) is 0.780. The van der Waals surface area contributed by atoms with Gasteiger partial charge in [0.05, 0.1) is 12.2 Å². The van der Waals surface area contributed by atoms with Gasteiger partial charge in [-0.05, 0) is 25.7 Å². The van der Waals surface area contributed by atoms with Crippen LogP contribution in [0.1, 0.15) is 43.6 Å². The minimum Gasteiger partial charge on any atom is -0.359 e. The summed E-state index contributed by atoms with van der Waals surface area (Å²) in [5, 5.41) is 6.70. The van der Waals surface area contributed by atoms with Crippen LogP contribution in [0.4, 0.5) is 0 Å². The molecule has 1 unspecified atom stereocenters. The number of rotatable bonds is 3. The molecule has 1 saturated heterocycles. The third kappa shape index (κ3) is 3.09. The van der Waals surface area contributed by atoms with Crippen LogP contribution in [-0.4, -0.2) is 34.5 Å². The molecule has 1 N–H and O–H groups in total. The smallest absolute Gasteiger partial charge is 0.246 e. The molecule has 6 nitrogen and oxygen atoms in total. The van der Waals surface area contributed by atoms with E-state index in [1.54, 1.807) is 11.0 Å². The molecule has 2 aliphatic rings. The fourth-order valence-corrected chi connectivity index (χ4v) is 3.33. The van der Waals surface area contributed by atoms with Crippen molar-refractivity contribution in [1.82, 2.24) is 15.4 Å². The second-order valence-corrected chi connectivity index (χ2v) is 6.07. The van der Waals surface area contributed by atoms with Crippen LogP contribution in [0.5, 0.6) is 0 Å². The van der Waals surface area contributed by atoms with Gasteiger partial charge in [-0.15, -0.1) is 0 Å². The SMILES string of the molecule is Cc1cc(CN2CC(=O)NC(C3CCCCC3)C2=O)on1. The zero-order valence-electron chi connectivity index (χ0n) is 12.3. The number of amides is 2. The highest BCUT2D eigenvalue weighted by Crippen LogP contribution is 2.28. The first kappa shape index (κ1) is 14.1. The van der Waals surface area contributed by atoms with Crippen LogP contribution in [0.15, 0.2) is 10.6 Å². The molecule has 1 aliphatic carbocycles. The van der Waals surface area contributed by atoms with Crippen molar-refractivity contribution >= 4 is 11.8 Å². The van der Waals surface area contributed by atoms with Crippen molar-refractivity contribution in [3.63, 3.8) is 0 Å². The Morgan fingerprint density at radius 3 is 2.76 bits per heavy atom. The van der Waals surface area contributed by atoms with E-state index in [9.17, 15) is 9.59 Å². The van der Waals surface area contributed by atoms with Crippen LogP contribution in [0.25, 0.3) is 0 Å². The summed E-state index contributed by atoms with van der Waals surface area (Å²) in [4.78, 5) is 26.1. The van der Waals surface area contributed by atoms with Gasteiger partial charge in [-0.25, -0.2) is 0 Å². The monoisotopic (exact) mass is 291 g/mol. The van der Waals surface area contributed by atoms with Gasteiger partial charge >= 0.3 is 0 Å². The maximum absolute atomic E-state index is 12.6. The second-order valence-electron chi connectivity index (χ2n) is 6.07. The zero-order chi connectivity index (χ0) is 14.8. The van der Waals surface area contributed by atoms with E-state index in [0.29, 0.717) is 12.3 Å². The molecule has 2 fully saturated rings. The highest BCUT2D eigenvalue weighted by atomic mass is 16.5. The summed E-state index contributed by atoms with van der Waals surface area (Å²) < 4.78 is 5.16. The number of hydrogen-bond donors (Lipinski definition) is 1. The van der Waals surface area contributed by atoms with E-state index in [1.165, 1.54) is 6.42 Å². The maximum Gasteiger partial charge on any atom is 0.246 e. The van der Waals surface area contributed by atoms with Gasteiger partial charge < -0.3 is 14.7 Å². The van der Waals surface area contributed by atoms with Gasteiger partial charge in [-0.1, -0.05) is 24.4 Å². The molecule has 21 heavy (non-hydrogen) atoms. The lowest BCUT2D eigenvalue weighted by Gasteiger charge is -2.37. The zero-order valence-corrected chi connectivity index (χ0v) is 12.3. The lowest BCUT2D eigenvalue weighted by Crippen LogP contribution is -2.60. The number of piperazine rings is 1. The van der Waals surface area contributed by atoms with Crippen LogP contribution >= 0.6 is 0 Å². The molecular formula is C15H21N3O3. The third-order valence-electron chi connectivity index (χ3n) is 4.37. The Bertz CT molecular complexity index is 534. The molecule has 114 valence electrons. The predicted octanol–water partition coefficient (Wildman–Crippen LogP) is 1.39. The first-order valence-corrected chi connectivity index (χ1v) is 7.64. The van der Waals surface area contributed by atoms with Crippen molar-refractivity contribution in [3.05, 3.63) is 17.5 Å². The van der Waals surface area contributed by atoms with Crippen LogP contribution in [0.3, 0.4) is 0 Å². The summed E-state index contributed by atoms with van der Waals surface area (Å²) in [6.45, 7) is 2.25. The van der Waals surface area contributed by atoms with Crippen molar-refractivity contribution < 1.29 is 14.1 Å². The van der Waals surface area contributed by atoms with E-state index in [2.05, 4.69) is 10.5 Å². The van der Waals surface area contributed by atoms with Gasteiger partial charge in [0.1, 0.15) is 12.6 Å². The average molecular weight is 291 g/mol. The van der Waals surface area contributed by atoms with Crippen molar-refractivity contribution in [1.29, 1.82) is 0 Å². The minimum absolute atomic E-state index is 0.00977. The molecule has 6 heteroatoms. The lowest BCUT2D eigenvalue weighted by atomic mass is 9.82. The molecule has 0 radical (unpaired) electrons. The summed E-state index contributed by atoms with van der Waals surface area (Å²) in [6, 6.07) is 1.44. The van der Waals surface area contributed by atoms with Crippen LogP contribution in [-0.2, 0) is 16.1 Å². The first-order valence-electron chi connectivity index (χ1n) is 7.64. The predicted molar refractivity (Wildman–Crippen MR) is 75.2 cm³/mol. The molecule has 0 spiro atoms. The summed E-state index contributed by atoms with van der Waals surface area (Å²) >= 11 is 0. The Kier molecular flexibility index (Phi) is 3.94. The standard InChI is InChI=1S/C15H21N3O3/c1-10-7-12(21-17-10)8-18-9-13(19)16-14(15(18)20)11-5-3-2-4-6-11/h7,11,14H,2-6,8-9H2,1H3,(H,16,19). The molecule has 1 atom stereocenters. The van der Waals surface area contributed by atoms with Crippen LogP contribution in [0.2, 0.25) is 0 Å². The summed E-state index contributed by atoms with van der Waals surface area (Å²) in [5.74, 6) is 0.823. The van der Waals surface area contributed by atoms with E-state index >= 15 is 0 Å². The molecule has 2 heterocycles. The van der Waals surface area contributed by atoms with Gasteiger partial charge in [0.2, 0.25) is 11.8 Å². The Labute approximate surface area is 123 Å². The average Bonchev–Trinajstić information content (AvgIpc) is 2.89. The van der Waals surface area contributed by atoms with Crippen molar-refractivity contribution in [2.24, 2.45) is 5.92 Å². The number of nitrogens with zero attached hydrogens (tertiary/aromatic N) is 2. The van der Waals surface area contributed by atoms with Gasteiger partial charge in [0, 0.05) is 6.07 Å². The number of hydrogen-bond acceptors (Lipinski definition) is 4. The Morgan fingerprint density at radius 2 is 2.10 bits per heavy atom. The highest BCUT2D eigenvalue weighted by Gasteiger charge is 2.38. The van der Waals surface area contributed by atoms with Gasteiger partial charge in [-0.2, -0.15) is 0 Å². The van der Waals surface area contributed by atoms with Crippen molar-refractivity contribution in [3.8, 4) is 0 Å². The van der Waals surface area contributed by atoms with Crippen LogP contribution < -0.4 is 5.32 Å². The molecule has 0 bridgehead atoms. The molecule has 1 aromatic rings. The molecule has 1 saturated carbocycles. The lowest BCUT2D eigenvalue weighted by molar-refractivity contribution is -0.147. The molecule has 3 rings (SSSR count). The second kappa shape index (κ2) is 5.87. The largest absolute Gasteiger partial charge is 0.359 e. The summed E-state index contributed by atoms with van der Waals surface area (Å²) in [7, 11) is 0. The van der Waals surface area contributed by atoms with Gasteiger partial charge in [0.25, 0.3) is 0 Å². The van der Waals surface area contributed by atoms with E-state index in [1.807, 2.05) is 6.92 Å². The van der Waals surface area contributed by atoms with Gasteiger partial charge in [0.15, 0.2) is 5.76 Å². The molecular weight excluding hydrogens is 270 g/mol. The van der Waals surface area contributed by atoms with E-state index in [0.717, 1.165) is 31.4 Å². The Balaban J connectivity index is 1.71. The quantitative estimate of drug-likeness (QED) is 0.913.